The Hall–Kier alpha value is -2.84. The van der Waals surface area contributed by atoms with Crippen molar-refractivity contribution in [3.63, 3.8) is 0 Å². The van der Waals surface area contributed by atoms with E-state index >= 15 is 0 Å². The van der Waals surface area contributed by atoms with Gasteiger partial charge in [0.2, 0.25) is 5.91 Å². The van der Waals surface area contributed by atoms with Crippen LogP contribution < -0.4 is 10.2 Å². The first kappa shape index (κ1) is 20.4. The SMILES string of the molecule is Cc1cccc(-n2ccnc2SCC(=O)Nc2ccc(N3CCOCC3)cn2)c1C. The predicted octanol–water partition coefficient (Wildman–Crippen LogP) is 3.45. The van der Waals surface area contributed by atoms with Crippen LogP contribution in [-0.2, 0) is 9.53 Å². The summed E-state index contributed by atoms with van der Waals surface area (Å²) in [5.41, 5.74) is 4.55. The third-order valence-electron chi connectivity index (χ3n) is 5.17. The van der Waals surface area contributed by atoms with E-state index in [2.05, 4.69) is 46.2 Å². The fraction of sp³-hybridized carbons (Fsp3) is 0.318. The summed E-state index contributed by atoms with van der Waals surface area (Å²) in [7, 11) is 0. The summed E-state index contributed by atoms with van der Waals surface area (Å²) in [4.78, 5) is 23.5. The number of aromatic nitrogens is 3. The molecular weight excluding hydrogens is 398 g/mol. The minimum Gasteiger partial charge on any atom is -0.378 e. The van der Waals surface area contributed by atoms with Gasteiger partial charge < -0.3 is 15.0 Å². The Morgan fingerprint density at radius 2 is 2.00 bits per heavy atom. The number of hydrogen-bond donors (Lipinski definition) is 1. The van der Waals surface area contributed by atoms with E-state index in [1.165, 1.54) is 22.9 Å². The average molecular weight is 424 g/mol. The molecule has 2 aromatic heterocycles. The monoisotopic (exact) mass is 423 g/mol. The maximum Gasteiger partial charge on any atom is 0.236 e. The molecule has 0 spiro atoms. The highest BCUT2D eigenvalue weighted by Crippen LogP contribution is 2.24. The number of hydrogen-bond acceptors (Lipinski definition) is 6. The molecule has 0 unspecified atom stereocenters. The van der Waals surface area contributed by atoms with Crippen molar-refractivity contribution in [2.45, 2.75) is 19.0 Å². The molecule has 1 aliphatic rings. The van der Waals surface area contributed by atoms with Gasteiger partial charge in [-0.2, -0.15) is 0 Å². The van der Waals surface area contributed by atoms with Crippen molar-refractivity contribution in [1.29, 1.82) is 0 Å². The molecule has 8 heteroatoms. The quantitative estimate of drug-likeness (QED) is 0.613. The Morgan fingerprint density at radius 3 is 2.77 bits per heavy atom. The number of carbonyl (C=O) groups excluding carboxylic acids is 1. The highest BCUT2D eigenvalue weighted by atomic mass is 32.2. The third kappa shape index (κ3) is 4.66. The minimum atomic E-state index is -0.109. The van der Waals surface area contributed by atoms with E-state index in [-0.39, 0.29) is 11.7 Å². The molecule has 7 nitrogen and oxygen atoms in total. The van der Waals surface area contributed by atoms with Crippen LogP contribution >= 0.6 is 11.8 Å². The number of amides is 1. The molecule has 1 fully saturated rings. The minimum absolute atomic E-state index is 0.109. The number of nitrogens with one attached hydrogen (secondary N) is 1. The van der Waals surface area contributed by atoms with E-state index in [0.717, 1.165) is 42.8 Å². The number of benzene rings is 1. The molecular formula is C22H25N5O2S. The molecule has 1 aliphatic heterocycles. The van der Waals surface area contributed by atoms with Gasteiger partial charge in [0.25, 0.3) is 0 Å². The van der Waals surface area contributed by atoms with Gasteiger partial charge in [-0.25, -0.2) is 9.97 Å². The average Bonchev–Trinajstić information content (AvgIpc) is 3.24. The maximum atomic E-state index is 12.4. The number of rotatable bonds is 6. The van der Waals surface area contributed by atoms with E-state index in [1.54, 1.807) is 12.4 Å². The Morgan fingerprint density at radius 1 is 1.17 bits per heavy atom. The molecule has 0 atom stereocenters. The van der Waals surface area contributed by atoms with Crippen LogP contribution in [-0.4, -0.2) is 52.5 Å². The number of nitrogens with zero attached hydrogens (tertiary/aromatic N) is 4. The molecule has 0 bridgehead atoms. The molecule has 156 valence electrons. The summed E-state index contributed by atoms with van der Waals surface area (Å²) >= 11 is 1.41. The van der Waals surface area contributed by atoms with E-state index < -0.39 is 0 Å². The van der Waals surface area contributed by atoms with Crippen LogP contribution in [0.25, 0.3) is 5.69 Å². The smallest absolute Gasteiger partial charge is 0.236 e. The van der Waals surface area contributed by atoms with Gasteiger partial charge in [0.15, 0.2) is 5.16 Å². The van der Waals surface area contributed by atoms with Crippen LogP contribution in [0.15, 0.2) is 54.1 Å². The highest BCUT2D eigenvalue weighted by Gasteiger charge is 2.13. The van der Waals surface area contributed by atoms with Crippen molar-refractivity contribution in [1.82, 2.24) is 14.5 Å². The summed E-state index contributed by atoms with van der Waals surface area (Å²) < 4.78 is 7.40. The van der Waals surface area contributed by atoms with Crippen LogP contribution in [0.5, 0.6) is 0 Å². The number of carbonyl (C=O) groups is 1. The molecule has 0 radical (unpaired) electrons. The topological polar surface area (TPSA) is 72.3 Å². The zero-order valence-corrected chi connectivity index (χ0v) is 18.0. The Kier molecular flexibility index (Phi) is 6.35. The molecule has 1 N–H and O–H groups in total. The fourth-order valence-corrected chi connectivity index (χ4v) is 4.12. The van der Waals surface area contributed by atoms with Crippen LogP contribution in [0.4, 0.5) is 11.5 Å². The molecule has 1 amide bonds. The lowest BCUT2D eigenvalue weighted by Gasteiger charge is -2.28. The van der Waals surface area contributed by atoms with E-state index in [1.807, 2.05) is 29.0 Å². The van der Waals surface area contributed by atoms with Crippen molar-refractivity contribution < 1.29 is 9.53 Å². The van der Waals surface area contributed by atoms with Crippen molar-refractivity contribution in [3.8, 4) is 5.69 Å². The maximum absolute atomic E-state index is 12.4. The van der Waals surface area contributed by atoms with Gasteiger partial charge in [-0.15, -0.1) is 0 Å². The summed E-state index contributed by atoms with van der Waals surface area (Å²) in [6, 6.07) is 10.0. The molecule has 4 rings (SSSR count). The summed E-state index contributed by atoms with van der Waals surface area (Å²) in [6.07, 6.45) is 5.48. The van der Waals surface area contributed by atoms with Crippen LogP contribution in [0, 0.1) is 13.8 Å². The largest absolute Gasteiger partial charge is 0.378 e. The molecule has 0 aliphatic carbocycles. The molecule has 3 aromatic rings. The summed E-state index contributed by atoms with van der Waals surface area (Å²) in [6.45, 7) is 7.36. The lowest BCUT2D eigenvalue weighted by Crippen LogP contribution is -2.36. The van der Waals surface area contributed by atoms with Crippen molar-refractivity contribution in [2.75, 3.05) is 42.3 Å². The normalized spacial score (nSPS) is 14.0. The number of pyridine rings is 1. The first-order chi connectivity index (χ1) is 14.6. The third-order valence-corrected chi connectivity index (χ3v) is 6.13. The molecule has 1 saturated heterocycles. The number of thioether (sulfide) groups is 1. The number of aryl methyl sites for hydroxylation is 1. The van der Waals surface area contributed by atoms with E-state index in [4.69, 9.17) is 4.74 Å². The van der Waals surface area contributed by atoms with E-state index in [9.17, 15) is 4.79 Å². The van der Waals surface area contributed by atoms with Gasteiger partial charge in [-0.05, 0) is 43.2 Å². The van der Waals surface area contributed by atoms with Crippen molar-refractivity contribution in [3.05, 3.63) is 60.0 Å². The predicted molar refractivity (Wildman–Crippen MR) is 120 cm³/mol. The van der Waals surface area contributed by atoms with Gasteiger partial charge >= 0.3 is 0 Å². The van der Waals surface area contributed by atoms with Gasteiger partial charge in [0.05, 0.1) is 36.5 Å². The number of morpholine rings is 1. The Labute approximate surface area is 180 Å². The van der Waals surface area contributed by atoms with Crippen LogP contribution in [0.2, 0.25) is 0 Å². The van der Waals surface area contributed by atoms with Gasteiger partial charge in [0.1, 0.15) is 5.82 Å². The standard InChI is InChI=1S/C22H25N5O2S/c1-16-4-3-5-19(17(16)2)27-9-8-23-22(27)30-15-21(28)25-20-7-6-18(14-24-20)26-10-12-29-13-11-26/h3-9,14H,10-13,15H2,1-2H3,(H,24,25,28). The number of ether oxygens (including phenoxy) is 1. The first-order valence-electron chi connectivity index (χ1n) is 9.93. The summed E-state index contributed by atoms with van der Waals surface area (Å²) in [5.74, 6) is 0.701. The zero-order valence-electron chi connectivity index (χ0n) is 17.2. The second-order valence-corrected chi connectivity index (χ2v) is 8.08. The molecule has 1 aromatic carbocycles. The fourth-order valence-electron chi connectivity index (χ4n) is 3.35. The second kappa shape index (κ2) is 9.32. The van der Waals surface area contributed by atoms with Gasteiger partial charge in [0, 0.05) is 25.5 Å². The zero-order chi connectivity index (χ0) is 20.9. The summed E-state index contributed by atoms with van der Waals surface area (Å²) in [5, 5.41) is 3.65. The van der Waals surface area contributed by atoms with Gasteiger partial charge in [-0.1, -0.05) is 23.9 Å². The first-order valence-corrected chi connectivity index (χ1v) is 10.9. The van der Waals surface area contributed by atoms with Crippen molar-refractivity contribution in [2.24, 2.45) is 0 Å². The highest BCUT2D eigenvalue weighted by molar-refractivity contribution is 7.99. The van der Waals surface area contributed by atoms with Crippen molar-refractivity contribution >= 4 is 29.2 Å². The van der Waals surface area contributed by atoms with E-state index in [0.29, 0.717) is 5.82 Å². The molecule has 30 heavy (non-hydrogen) atoms. The lowest BCUT2D eigenvalue weighted by atomic mass is 10.1. The molecule has 0 saturated carbocycles. The number of anilines is 2. The van der Waals surface area contributed by atoms with Crippen LogP contribution in [0.3, 0.4) is 0 Å². The number of imidazole rings is 1. The second-order valence-electron chi connectivity index (χ2n) is 7.14. The lowest BCUT2D eigenvalue weighted by molar-refractivity contribution is -0.113. The Bertz CT molecular complexity index is 1010. The van der Waals surface area contributed by atoms with Crippen LogP contribution in [0.1, 0.15) is 11.1 Å². The van der Waals surface area contributed by atoms with Gasteiger partial charge in [-0.3, -0.25) is 9.36 Å². The Balaban J connectivity index is 1.36. The molecule has 3 heterocycles.